The maximum atomic E-state index is 13.5. The molecule has 3 aromatic rings. The summed E-state index contributed by atoms with van der Waals surface area (Å²) >= 11 is 0. The van der Waals surface area contributed by atoms with Crippen LogP contribution in [0.2, 0.25) is 0 Å². The molecule has 0 radical (unpaired) electrons. The number of sulfonamides is 1. The molecule has 0 bridgehead atoms. The lowest BCUT2D eigenvalue weighted by atomic mass is 10.2. The molecule has 1 aliphatic heterocycles. The number of pyridine rings is 1. The van der Waals surface area contributed by atoms with E-state index in [1.165, 1.54) is 17.1 Å². The van der Waals surface area contributed by atoms with Crippen LogP contribution in [0.3, 0.4) is 0 Å². The van der Waals surface area contributed by atoms with Crippen molar-refractivity contribution in [2.75, 3.05) is 18.0 Å². The highest BCUT2D eigenvalue weighted by Crippen LogP contribution is 2.22. The third kappa shape index (κ3) is 4.66. The summed E-state index contributed by atoms with van der Waals surface area (Å²) in [5.41, 5.74) is 1.93. The van der Waals surface area contributed by atoms with Gasteiger partial charge in [-0.05, 0) is 30.0 Å². The summed E-state index contributed by atoms with van der Waals surface area (Å²) in [5.74, 6) is 0.971. The van der Waals surface area contributed by atoms with Gasteiger partial charge in [0.15, 0.2) is 0 Å². The molecule has 0 saturated carbocycles. The number of nitrogens with one attached hydrogen (secondary N) is 1. The number of rotatable bonds is 7. The van der Waals surface area contributed by atoms with E-state index in [4.69, 9.17) is 0 Å². The van der Waals surface area contributed by atoms with Gasteiger partial charge in [0.1, 0.15) is 11.1 Å². The van der Waals surface area contributed by atoms with E-state index >= 15 is 0 Å². The Balaban J connectivity index is 1.62. The van der Waals surface area contributed by atoms with E-state index in [9.17, 15) is 8.42 Å². The lowest BCUT2D eigenvalue weighted by Crippen LogP contribution is -2.32. The summed E-state index contributed by atoms with van der Waals surface area (Å²) < 4.78 is 28.5. The maximum absolute atomic E-state index is 13.5. The molecule has 1 aliphatic rings. The fourth-order valence-electron chi connectivity index (χ4n) is 3.67. The van der Waals surface area contributed by atoms with E-state index < -0.39 is 10.0 Å². The fourth-order valence-corrected chi connectivity index (χ4v) is 5.05. The highest BCUT2D eigenvalue weighted by Gasteiger charge is 2.27. The van der Waals surface area contributed by atoms with Crippen LogP contribution in [0.1, 0.15) is 24.0 Å². The molecule has 0 spiro atoms. The highest BCUT2D eigenvalue weighted by molar-refractivity contribution is 7.89. The molecule has 1 saturated heterocycles. The highest BCUT2D eigenvalue weighted by atomic mass is 32.2. The Morgan fingerprint density at radius 2 is 1.34 bits per heavy atom. The number of hydrogen-bond donors (Lipinski definition) is 0. The Morgan fingerprint density at radius 3 is 1.83 bits per heavy atom. The van der Waals surface area contributed by atoms with Crippen molar-refractivity contribution in [2.24, 2.45) is 0 Å². The van der Waals surface area contributed by atoms with Crippen LogP contribution < -0.4 is 9.88 Å². The van der Waals surface area contributed by atoms with Crippen molar-refractivity contribution in [2.45, 2.75) is 30.8 Å². The van der Waals surface area contributed by atoms with Gasteiger partial charge in [0.05, 0.1) is 13.1 Å². The molecule has 2 aromatic carbocycles. The van der Waals surface area contributed by atoms with Gasteiger partial charge in [-0.2, -0.15) is 4.31 Å². The molecule has 0 amide bonds. The van der Waals surface area contributed by atoms with Crippen molar-refractivity contribution in [3.05, 3.63) is 90.1 Å². The number of nitrogens with zero attached hydrogens (tertiary/aromatic N) is 2. The van der Waals surface area contributed by atoms with Gasteiger partial charge in [-0.1, -0.05) is 60.7 Å². The molecule has 150 valence electrons. The van der Waals surface area contributed by atoms with E-state index in [-0.39, 0.29) is 4.90 Å². The van der Waals surface area contributed by atoms with Crippen LogP contribution in [-0.4, -0.2) is 25.8 Å². The summed E-state index contributed by atoms with van der Waals surface area (Å²) in [4.78, 5) is 5.72. The Hall–Kier alpha value is -2.70. The third-order valence-electron chi connectivity index (χ3n) is 5.26. The zero-order valence-corrected chi connectivity index (χ0v) is 17.2. The molecule has 4 rings (SSSR count). The summed E-state index contributed by atoms with van der Waals surface area (Å²) in [6.07, 6.45) is 3.97. The minimum Gasteiger partial charge on any atom is -0.262 e. The Labute approximate surface area is 172 Å². The first kappa shape index (κ1) is 19.6. The van der Waals surface area contributed by atoms with E-state index in [1.54, 1.807) is 12.3 Å². The molecule has 6 heteroatoms. The first-order valence-electron chi connectivity index (χ1n) is 9.98. The van der Waals surface area contributed by atoms with Crippen LogP contribution >= 0.6 is 0 Å². The quantitative estimate of drug-likeness (QED) is 0.601. The third-order valence-corrected chi connectivity index (χ3v) is 7.04. The predicted octanol–water partition coefficient (Wildman–Crippen LogP) is 3.49. The Bertz CT molecular complexity index is 975. The van der Waals surface area contributed by atoms with Crippen molar-refractivity contribution in [3.63, 3.8) is 0 Å². The minimum atomic E-state index is -3.65. The molecular formula is C23H26N3O2S+. The average molecular weight is 409 g/mol. The SMILES string of the molecule is O=S(=O)(c1ccc(N2CCCC2)[nH+]c1)N(Cc1ccccc1)Cc1ccccc1. The number of anilines is 1. The molecule has 1 aromatic heterocycles. The Kier molecular flexibility index (Phi) is 5.92. The summed E-state index contributed by atoms with van der Waals surface area (Å²) in [7, 11) is -3.65. The minimum absolute atomic E-state index is 0.285. The van der Waals surface area contributed by atoms with Gasteiger partial charge in [-0.25, -0.2) is 13.4 Å². The van der Waals surface area contributed by atoms with Crippen LogP contribution in [0.15, 0.2) is 83.9 Å². The zero-order chi connectivity index (χ0) is 20.1. The largest absolute Gasteiger partial charge is 0.274 e. The topological polar surface area (TPSA) is 54.8 Å². The number of aromatic nitrogens is 1. The second-order valence-corrected chi connectivity index (χ2v) is 9.29. The van der Waals surface area contributed by atoms with Crippen LogP contribution in [0.5, 0.6) is 0 Å². The van der Waals surface area contributed by atoms with Crippen LogP contribution in [-0.2, 0) is 23.1 Å². The van der Waals surface area contributed by atoms with E-state index in [0.717, 1.165) is 30.0 Å². The number of benzene rings is 2. The lowest BCUT2D eigenvalue weighted by molar-refractivity contribution is -0.367. The van der Waals surface area contributed by atoms with Gasteiger partial charge in [0, 0.05) is 19.2 Å². The standard InChI is InChI=1S/C23H25N3O2S/c27-29(28,22-13-14-23(24-17-22)25-15-7-8-16-25)26(18-20-9-3-1-4-10-20)19-21-11-5-2-6-12-21/h1-6,9-14,17H,7-8,15-16,18-19H2/p+1. The molecule has 0 atom stereocenters. The molecule has 2 heterocycles. The van der Waals surface area contributed by atoms with Crippen molar-refractivity contribution in [1.29, 1.82) is 0 Å². The molecule has 0 aliphatic carbocycles. The number of hydrogen-bond acceptors (Lipinski definition) is 3. The Morgan fingerprint density at radius 1 is 0.793 bits per heavy atom. The summed E-state index contributed by atoms with van der Waals surface area (Å²) in [6, 6.07) is 23.0. The average Bonchev–Trinajstić information content (AvgIpc) is 3.30. The van der Waals surface area contributed by atoms with Crippen LogP contribution in [0, 0.1) is 0 Å². The van der Waals surface area contributed by atoms with Gasteiger partial charge in [-0.3, -0.25) is 4.90 Å². The molecule has 29 heavy (non-hydrogen) atoms. The summed E-state index contributed by atoms with van der Waals surface area (Å²) in [6.45, 7) is 2.67. The monoisotopic (exact) mass is 408 g/mol. The van der Waals surface area contributed by atoms with E-state index in [1.807, 2.05) is 66.7 Å². The predicted molar refractivity (Wildman–Crippen MR) is 114 cm³/mol. The van der Waals surface area contributed by atoms with Crippen LogP contribution in [0.4, 0.5) is 5.82 Å². The van der Waals surface area contributed by atoms with Crippen molar-refractivity contribution in [3.8, 4) is 0 Å². The van der Waals surface area contributed by atoms with Crippen LogP contribution in [0.25, 0.3) is 0 Å². The molecule has 1 N–H and O–H groups in total. The van der Waals surface area contributed by atoms with Gasteiger partial charge >= 0.3 is 0 Å². The number of H-pyrrole nitrogens is 1. The van der Waals surface area contributed by atoms with Crippen molar-refractivity contribution >= 4 is 15.8 Å². The van der Waals surface area contributed by atoms with Gasteiger partial charge in [0.25, 0.3) is 5.82 Å². The molecular weight excluding hydrogens is 382 g/mol. The molecule has 5 nitrogen and oxygen atoms in total. The van der Waals surface area contributed by atoms with Gasteiger partial charge in [0.2, 0.25) is 10.0 Å². The van der Waals surface area contributed by atoms with Gasteiger partial charge in [-0.15, -0.1) is 0 Å². The smallest absolute Gasteiger partial charge is 0.262 e. The lowest BCUT2D eigenvalue weighted by Gasteiger charge is -2.22. The van der Waals surface area contributed by atoms with E-state index in [0.29, 0.717) is 13.1 Å². The maximum Gasteiger partial charge on any atom is 0.274 e. The molecule has 0 unspecified atom stereocenters. The van der Waals surface area contributed by atoms with E-state index in [2.05, 4.69) is 9.88 Å². The normalized spacial score (nSPS) is 14.4. The second-order valence-electron chi connectivity index (χ2n) is 7.35. The second kappa shape index (κ2) is 8.76. The number of aromatic amines is 1. The molecule has 1 fully saturated rings. The first-order valence-corrected chi connectivity index (χ1v) is 11.4. The van der Waals surface area contributed by atoms with Crippen molar-refractivity contribution < 1.29 is 13.4 Å². The summed E-state index contributed by atoms with van der Waals surface area (Å²) in [5, 5.41) is 0. The van der Waals surface area contributed by atoms with Crippen molar-refractivity contribution in [1.82, 2.24) is 4.31 Å². The first-order chi connectivity index (χ1) is 14.1. The van der Waals surface area contributed by atoms with Gasteiger partial charge < -0.3 is 0 Å². The zero-order valence-electron chi connectivity index (χ0n) is 16.4. The fraction of sp³-hybridized carbons (Fsp3) is 0.261.